The summed E-state index contributed by atoms with van der Waals surface area (Å²) in [6, 6.07) is 0. The molecule has 0 saturated heterocycles. The average Bonchev–Trinajstić information content (AvgIpc) is 2.37. The second-order valence-electron chi connectivity index (χ2n) is 5.32. The molecule has 5 heteroatoms. The van der Waals surface area contributed by atoms with Gasteiger partial charge in [-0.25, -0.2) is 0 Å². The van der Waals surface area contributed by atoms with Crippen LogP contribution in [0.5, 0.6) is 0 Å². The maximum atomic E-state index is 10.4. The fourth-order valence-corrected chi connectivity index (χ4v) is 2.82. The highest BCUT2D eigenvalue weighted by Crippen LogP contribution is 2.43. The Labute approximate surface area is 102 Å². The van der Waals surface area contributed by atoms with Crippen LogP contribution in [-0.2, 0) is 0 Å². The van der Waals surface area contributed by atoms with E-state index in [1.165, 1.54) is 0 Å². The number of hydrogen-bond acceptors (Lipinski definition) is 5. The summed E-state index contributed by atoms with van der Waals surface area (Å²) in [7, 11) is 0. The van der Waals surface area contributed by atoms with Gasteiger partial charge in [-0.3, -0.25) is 0 Å². The molecule has 0 aliphatic heterocycles. The van der Waals surface area contributed by atoms with Gasteiger partial charge in [-0.15, -0.1) is 0 Å². The maximum absolute atomic E-state index is 10.4. The molecule has 0 amide bonds. The van der Waals surface area contributed by atoms with Gasteiger partial charge < -0.3 is 25.5 Å². The minimum atomic E-state index is -1.10. The van der Waals surface area contributed by atoms with E-state index in [9.17, 15) is 25.5 Å². The van der Waals surface area contributed by atoms with Crippen LogP contribution in [-0.4, -0.2) is 58.1 Å². The van der Waals surface area contributed by atoms with E-state index in [1.807, 2.05) is 0 Å². The molecule has 102 valence electrons. The first-order chi connectivity index (χ1) is 8.10. The first-order valence-corrected chi connectivity index (χ1v) is 6.22. The van der Waals surface area contributed by atoms with E-state index in [1.54, 1.807) is 0 Å². The highest BCUT2D eigenvalue weighted by atomic mass is 16.3. The van der Waals surface area contributed by atoms with Gasteiger partial charge in [0.2, 0.25) is 0 Å². The van der Waals surface area contributed by atoms with Crippen molar-refractivity contribution in [3.63, 3.8) is 0 Å². The van der Waals surface area contributed by atoms with Crippen LogP contribution in [0.15, 0.2) is 0 Å². The summed E-state index contributed by atoms with van der Waals surface area (Å²) >= 11 is 0. The molecule has 0 aromatic heterocycles. The Bertz CT molecular complexity index is 201. The summed E-state index contributed by atoms with van der Waals surface area (Å²) in [6.45, 7) is -1.36. The van der Waals surface area contributed by atoms with E-state index < -0.39 is 16.9 Å². The van der Waals surface area contributed by atoms with Gasteiger partial charge in [-0.2, -0.15) is 0 Å². The molecule has 0 spiro atoms. The van der Waals surface area contributed by atoms with E-state index in [-0.39, 0.29) is 26.4 Å². The van der Waals surface area contributed by atoms with Crippen LogP contribution in [0, 0.1) is 10.8 Å². The van der Waals surface area contributed by atoms with E-state index >= 15 is 0 Å². The third kappa shape index (κ3) is 2.63. The highest BCUT2D eigenvalue weighted by molar-refractivity contribution is 4.98. The van der Waals surface area contributed by atoms with E-state index in [4.69, 9.17) is 0 Å². The van der Waals surface area contributed by atoms with Crippen LogP contribution < -0.4 is 0 Å². The molecule has 1 aliphatic carbocycles. The molecule has 17 heavy (non-hydrogen) atoms. The van der Waals surface area contributed by atoms with E-state index in [0.29, 0.717) is 12.8 Å². The molecule has 5 N–H and O–H groups in total. The summed E-state index contributed by atoms with van der Waals surface area (Å²) in [5.74, 6) is 0. The quantitative estimate of drug-likeness (QED) is 0.451. The molecule has 1 fully saturated rings. The zero-order valence-electron chi connectivity index (χ0n) is 10.2. The Hall–Kier alpha value is -0.200. The lowest BCUT2D eigenvalue weighted by atomic mass is 9.63. The largest absolute Gasteiger partial charge is 0.396 e. The molecule has 1 rings (SSSR count). The molecular weight excluding hydrogens is 224 g/mol. The fraction of sp³-hybridized carbons (Fsp3) is 1.00. The SMILES string of the molecule is OCC1(CO)CCCCCC(CO)(CO)C1O. The van der Waals surface area contributed by atoms with Gasteiger partial charge in [0.25, 0.3) is 0 Å². The van der Waals surface area contributed by atoms with Crippen LogP contribution in [0.1, 0.15) is 32.1 Å². The van der Waals surface area contributed by atoms with Gasteiger partial charge in [0.05, 0.1) is 32.5 Å². The standard InChI is InChI=1S/C12H24O5/c13-6-11(7-14)4-2-1-3-5-12(8-15,9-16)10(11)17/h10,13-17H,1-9H2. The van der Waals surface area contributed by atoms with Gasteiger partial charge in [-0.1, -0.05) is 19.3 Å². The molecule has 1 aliphatic rings. The smallest absolute Gasteiger partial charge is 0.0740 e. The zero-order valence-corrected chi connectivity index (χ0v) is 10.2. The van der Waals surface area contributed by atoms with Crippen molar-refractivity contribution in [1.82, 2.24) is 0 Å². The summed E-state index contributed by atoms with van der Waals surface area (Å²) in [5, 5.41) is 48.3. The third-order valence-electron chi connectivity index (χ3n) is 4.27. The Kier molecular flexibility index (Phi) is 5.34. The Morgan fingerprint density at radius 2 is 1.06 bits per heavy atom. The van der Waals surface area contributed by atoms with Crippen molar-refractivity contribution in [2.45, 2.75) is 38.2 Å². The first kappa shape index (κ1) is 14.9. The zero-order chi connectivity index (χ0) is 12.9. The average molecular weight is 248 g/mol. The molecule has 1 saturated carbocycles. The van der Waals surface area contributed by atoms with Crippen LogP contribution in [0.4, 0.5) is 0 Å². The van der Waals surface area contributed by atoms with Crippen LogP contribution in [0.25, 0.3) is 0 Å². The summed E-state index contributed by atoms with van der Waals surface area (Å²) in [4.78, 5) is 0. The second-order valence-corrected chi connectivity index (χ2v) is 5.32. The number of rotatable bonds is 4. The number of hydrogen-bond donors (Lipinski definition) is 5. The summed E-state index contributed by atoms with van der Waals surface area (Å²) in [6.07, 6.45) is 2.47. The second kappa shape index (κ2) is 6.11. The molecule has 0 unspecified atom stereocenters. The number of aliphatic hydroxyl groups is 5. The Morgan fingerprint density at radius 3 is 1.35 bits per heavy atom. The fourth-order valence-electron chi connectivity index (χ4n) is 2.82. The van der Waals surface area contributed by atoms with Crippen molar-refractivity contribution in [2.24, 2.45) is 10.8 Å². The molecule has 0 bridgehead atoms. The maximum Gasteiger partial charge on any atom is 0.0740 e. The predicted octanol–water partition coefficient (Wildman–Crippen LogP) is -0.747. The lowest BCUT2D eigenvalue weighted by Gasteiger charge is -2.47. The summed E-state index contributed by atoms with van der Waals surface area (Å²) < 4.78 is 0. The van der Waals surface area contributed by atoms with Gasteiger partial charge in [-0.05, 0) is 12.8 Å². The lowest BCUT2D eigenvalue weighted by Crippen LogP contribution is -2.55. The van der Waals surface area contributed by atoms with E-state index in [0.717, 1.165) is 19.3 Å². The monoisotopic (exact) mass is 248 g/mol. The van der Waals surface area contributed by atoms with Gasteiger partial charge in [0.15, 0.2) is 0 Å². The minimum Gasteiger partial charge on any atom is -0.396 e. The Balaban J connectivity index is 3.04. The van der Waals surface area contributed by atoms with Crippen molar-refractivity contribution in [2.75, 3.05) is 26.4 Å². The summed E-state index contributed by atoms with van der Waals surface area (Å²) in [5.41, 5.74) is -2.04. The molecule has 5 nitrogen and oxygen atoms in total. The number of aliphatic hydroxyl groups excluding tert-OH is 5. The first-order valence-electron chi connectivity index (χ1n) is 6.22. The molecule has 0 heterocycles. The molecule has 0 atom stereocenters. The minimum absolute atomic E-state index is 0.341. The lowest BCUT2D eigenvalue weighted by molar-refractivity contribution is -0.157. The topological polar surface area (TPSA) is 101 Å². The third-order valence-corrected chi connectivity index (χ3v) is 4.27. The van der Waals surface area contributed by atoms with Crippen LogP contribution in [0.3, 0.4) is 0 Å². The van der Waals surface area contributed by atoms with Gasteiger partial charge in [0.1, 0.15) is 0 Å². The van der Waals surface area contributed by atoms with Crippen molar-refractivity contribution in [3.8, 4) is 0 Å². The van der Waals surface area contributed by atoms with Crippen LogP contribution in [0.2, 0.25) is 0 Å². The normalized spacial score (nSPS) is 25.2. The molecule has 0 aromatic carbocycles. The van der Waals surface area contributed by atoms with Gasteiger partial charge >= 0.3 is 0 Å². The van der Waals surface area contributed by atoms with Crippen molar-refractivity contribution < 1.29 is 25.5 Å². The molecular formula is C12H24O5. The van der Waals surface area contributed by atoms with Crippen molar-refractivity contribution >= 4 is 0 Å². The van der Waals surface area contributed by atoms with E-state index in [2.05, 4.69) is 0 Å². The molecule has 0 aromatic rings. The van der Waals surface area contributed by atoms with Crippen molar-refractivity contribution in [3.05, 3.63) is 0 Å². The highest BCUT2D eigenvalue weighted by Gasteiger charge is 2.49. The van der Waals surface area contributed by atoms with Crippen LogP contribution >= 0.6 is 0 Å². The Morgan fingerprint density at radius 1 is 0.706 bits per heavy atom. The van der Waals surface area contributed by atoms with Crippen molar-refractivity contribution in [1.29, 1.82) is 0 Å². The molecule has 0 radical (unpaired) electrons. The van der Waals surface area contributed by atoms with Gasteiger partial charge in [0, 0.05) is 10.8 Å². The predicted molar refractivity (Wildman–Crippen MR) is 62.3 cm³/mol.